The quantitative estimate of drug-likeness (QED) is 0.805. The van der Waals surface area contributed by atoms with E-state index in [9.17, 15) is 0 Å². The van der Waals surface area contributed by atoms with E-state index >= 15 is 0 Å². The molecule has 0 saturated carbocycles. The maximum Gasteiger partial charge on any atom is 0.00746 e. The van der Waals surface area contributed by atoms with E-state index in [1.165, 1.54) is 48.6 Å². The first-order chi connectivity index (χ1) is 7.84. The SMILES string of the molecule is Cc1cccc(SCC2CCCNCC2)c1. The molecule has 1 aliphatic heterocycles. The molecule has 0 amide bonds. The van der Waals surface area contributed by atoms with Gasteiger partial charge >= 0.3 is 0 Å². The first-order valence-corrected chi connectivity index (χ1v) is 7.23. The van der Waals surface area contributed by atoms with Crippen molar-refractivity contribution in [1.82, 2.24) is 5.32 Å². The lowest BCUT2D eigenvalue weighted by Gasteiger charge is -2.12. The van der Waals surface area contributed by atoms with E-state index in [2.05, 4.69) is 36.5 Å². The summed E-state index contributed by atoms with van der Waals surface area (Å²) in [4.78, 5) is 1.43. The van der Waals surface area contributed by atoms with Gasteiger partial charge in [0.2, 0.25) is 0 Å². The zero-order valence-electron chi connectivity index (χ0n) is 10.0. The van der Waals surface area contributed by atoms with Crippen molar-refractivity contribution in [3.05, 3.63) is 29.8 Å². The molecule has 0 spiro atoms. The Balaban J connectivity index is 1.81. The molecule has 0 aliphatic carbocycles. The maximum absolute atomic E-state index is 3.48. The minimum atomic E-state index is 0.903. The zero-order chi connectivity index (χ0) is 11.2. The van der Waals surface area contributed by atoms with Crippen LogP contribution in [-0.4, -0.2) is 18.8 Å². The second kappa shape index (κ2) is 6.31. The van der Waals surface area contributed by atoms with E-state index in [1.807, 2.05) is 11.8 Å². The monoisotopic (exact) mass is 235 g/mol. The molecule has 1 nitrogen and oxygen atoms in total. The highest BCUT2D eigenvalue weighted by atomic mass is 32.2. The summed E-state index contributed by atoms with van der Waals surface area (Å²) < 4.78 is 0. The molecule has 1 unspecified atom stereocenters. The van der Waals surface area contributed by atoms with Crippen LogP contribution in [-0.2, 0) is 0 Å². The third kappa shape index (κ3) is 3.84. The normalized spacial score (nSPS) is 21.7. The molecule has 1 aliphatic rings. The van der Waals surface area contributed by atoms with Crippen molar-refractivity contribution in [3.8, 4) is 0 Å². The van der Waals surface area contributed by atoms with Gasteiger partial charge in [-0.15, -0.1) is 11.8 Å². The number of thioether (sulfide) groups is 1. The summed E-state index contributed by atoms with van der Waals surface area (Å²) in [5, 5.41) is 3.48. The van der Waals surface area contributed by atoms with Crippen molar-refractivity contribution in [3.63, 3.8) is 0 Å². The van der Waals surface area contributed by atoms with Crippen LogP contribution in [0.15, 0.2) is 29.2 Å². The standard InChI is InChI=1S/C14H21NS/c1-12-4-2-6-14(10-12)16-11-13-5-3-8-15-9-7-13/h2,4,6,10,13,15H,3,5,7-9,11H2,1H3. The molecule has 0 bridgehead atoms. The van der Waals surface area contributed by atoms with Crippen molar-refractivity contribution in [2.24, 2.45) is 5.92 Å². The summed E-state index contributed by atoms with van der Waals surface area (Å²) in [6.45, 7) is 4.59. The molecule has 1 fully saturated rings. The second-order valence-corrected chi connectivity index (χ2v) is 5.77. The Kier molecular flexibility index (Phi) is 4.73. The van der Waals surface area contributed by atoms with Crippen LogP contribution in [0.1, 0.15) is 24.8 Å². The van der Waals surface area contributed by atoms with Crippen LogP contribution in [0.2, 0.25) is 0 Å². The van der Waals surface area contributed by atoms with Crippen LogP contribution in [0.25, 0.3) is 0 Å². The first-order valence-electron chi connectivity index (χ1n) is 6.25. The summed E-state index contributed by atoms with van der Waals surface area (Å²) in [7, 11) is 0. The zero-order valence-corrected chi connectivity index (χ0v) is 10.9. The van der Waals surface area contributed by atoms with Gasteiger partial charge in [0.25, 0.3) is 0 Å². The van der Waals surface area contributed by atoms with Crippen molar-refractivity contribution in [1.29, 1.82) is 0 Å². The van der Waals surface area contributed by atoms with Gasteiger partial charge in [-0.2, -0.15) is 0 Å². The molecule has 16 heavy (non-hydrogen) atoms. The highest BCUT2D eigenvalue weighted by Gasteiger charge is 2.11. The Labute approximate surface area is 103 Å². The van der Waals surface area contributed by atoms with Gasteiger partial charge in [-0.25, -0.2) is 0 Å². The lowest BCUT2D eigenvalue weighted by atomic mass is 10.0. The van der Waals surface area contributed by atoms with Gasteiger partial charge in [0.15, 0.2) is 0 Å². The molecule has 1 saturated heterocycles. The first kappa shape index (κ1) is 12.0. The maximum atomic E-state index is 3.48. The summed E-state index contributed by atoms with van der Waals surface area (Å²) in [6, 6.07) is 8.85. The van der Waals surface area contributed by atoms with E-state index in [0.717, 1.165) is 5.92 Å². The molecule has 88 valence electrons. The van der Waals surface area contributed by atoms with Crippen molar-refractivity contribution >= 4 is 11.8 Å². The lowest BCUT2D eigenvalue weighted by Crippen LogP contribution is -2.14. The predicted octanol–water partition coefficient (Wildman–Crippen LogP) is 3.48. The van der Waals surface area contributed by atoms with Crippen LogP contribution in [0.3, 0.4) is 0 Å². The number of benzene rings is 1. The molecule has 1 aromatic carbocycles. The highest BCUT2D eigenvalue weighted by molar-refractivity contribution is 7.99. The largest absolute Gasteiger partial charge is 0.317 e. The fourth-order valence-corrected chi connectivity index (χ4v) is 3.38. The Hall–Kier alpha value is -0.470. The summed E-state index contributed by atoms with van der Waals surface area (Å²) in [6.07, 6.45) is 4.09. The molecule has 1 atom stereocenters. The van der Waals surface area contributed by atoms with Gasteiger partial charge in [-0.05, 0) is 57.3 Å². The number of nitrogens with one attached hydrogen (secondary N) is 1. The average Bonchev–Trinajstić information content (AvgIpc) is 2.55. The Bertz CT molecular complexity index is 316. The Morgan fingerprint density at radius 2 is 2.25 bits per heavy atom. The third-order valence-corrected chi connectivity index (χ3v) is 4.40. The number of hydrogen-bond acceptors (Lipinski definition) is 2. The van der Waals surface area contributed by atoms with E-state index in [4.69, 9.17) is 0 Å². The van der Waals surface area contributed by atoms with E-state index in [0.29, 0.717) is 0 Å². The minimum Gasteiger partial charge on any atom is -0.317 e. The third-order valence-electron chi connectivity index (χ3n) is 3.17. The smallest absolute Gasteiger partial charge is 0.00746 e. The fourth-order valence-electron chi connectivity index (χ4n) is 2.18. The summed E-state index contributed by atoms with van der Waals surface area (Å²) in [5.74, 6) is 2.19. The van der Waals surface area contributed by atoms with Crippen LogP contribution in [0.4, 0.5) is 0 Å². The Morgan fingerprint density at radius 1 is 1.31 bits per heavy atom. The fraction of sp³-hybridized carbons (Fsp3) is 0.571. The molecule has 1 N–H and O–H groups in total. The van der Waals surface area contributed by atoms with E-state index in [1.54, 1.807) is 0 Å². The molecule has 2 heteroatoms. The highest BCUT2D eigenvalue weighted by Crippen LogP contribution is 2.25. The van der Waals surface area contributed by atoms with Crippen LogP contribution < -0.4 is 5.32 Å². The van der Waals surface area contributed by atoms with Gasteiger partial charge in [0, 0.05) is 10.6 Å². The van der Waals surface area contributed by atoms with Crippen molar-refractivity contribution < 1.29 is 0 Å². The Morgan fingerprint density at radius 3 is 3.12 bits per heavy atom. The topological polar surface area (TPSA) is 12.0 Å². The second-order valence-electron chi connectivity index (χ2n) is 4.67. The molecule has 0 aromatic heterocycles. The predicted molar refractivity (Wildman–Crippen MR) is 72.1 cm³/mol. The van der Waals surface area contributed by atoms with Crippen molar-refractivity contribution in [2.75, 3.05) is 18.8 Å². The lowest BCUT2D eigenvalue weighted by molar-refractivity contribution is 0.528. The van der Waals surface area contributed by atoms with Gasteiger partial charge in [-0.1, -0.05) is 17.7 Å². The number of hydrogen-bond donors (Lipinski definition) is 1. The van der Waals surface area contributed by atoms with Gasteiger partial charge in [0.1, 0.15) is 0 Å². The van der Waals surface area contributed by atoms with Crippen LogP contribution in [0.5, 0.6) is 0 Å². The van der Waals surface area contributed by atoms with Gasteiger partial charge < -0.3 is 5.32 Å². The van der Waals surface area contributed by atoms with E-state index in [-0.39, 0.29) is 0 Å². The molecule has 1 heterocycles. The number of aryl methyl sites for hydroxylation is 1. The van der Waals surface area contributed by atoms with E-state index < -0.39 is 0 Å². The van der Waals surface area contributed by atoms with Crippen LogP contribution >= 0.6 is 11.8 Å². The molecular formula is C14H21NS. The molecule has 1 aromatic rings. The summed E-state index contributed by atoms with van der Waals surface area (Å²) in [5.41, 5.74) is 1.37. The van der Waals surface area contributed by atoms with Gasteiger partial charge in [-0.3, -0.25) is 0 Å². The molecule has 0 radical (unpaired) electrons. The number of rotatable bonds is 3. The average molecular weight is 235 g/mol. The summed E-state index contributed by atoms with van der Waals surface area (Å²) >= 11 is 2.02. The molecule has 2 rings (SSSR count). The van der Waals surface area contributed by atoms with Crippen molar-refractivity contribution in [2.45, 2.75) is 31.1 Å². The molecular weight excluding hydrogens is 214 g/mol. The van der Waals surface area contributed by atoms with Gasteiger partial charge in [0.05, 0.1) is 0 Å². The van der Waals surface area contributed by atoms with Crippen LogP contribution in [0, 0.1) is 12.8 Å². The minimum absolute atomic E-state index is 0.903.